The monoisotopic (exact) mass is 413 g/mol. The Morgan fingerprint density at radius 2 is 1.52 bits per heavy atom. The lowest BCUT2D eigenvalue weighted by Gasteiger charge is -2.39. The molecule has 0 aliphatic heterocycles. The summed E-state index contributed by atoms with van der Waals surface area (Å²) in [7, 11) is 0. The average Bonchev–Trinajstić information content (AvgIpc) is 3.03. The summed E-state index contributed by atoms with van der Waals surface area (Å²) in [5.74, 6) is 0.0432. The third-order valence-corrected chi connectivity index (χ3v) is 8.66. The van der Waals surface area contributed by atoms with Crippen molar-refractivity contribution in [2.75, 3.05) is 5.32 Å². The summed E-state index contributed by atoms with van der Waals surface area (Å²) in [6.45, 7) is 13.1. The molecule has 0 spiro atoms. The van der Waals surface area contributed by atoms with E-state index >= 15 is 0 Å². The van der Waals surface area contributed by atoms with Crippen molar-refractivity contribution >= 4 is 22.6 Å². The largest absolute Gasteiger partial charge is 0.325 e. The van der Waals surface area contributed by atoms with Gasteiger partial charge in [-0.15, -0.1) is 0 Å². The zero-order valence-corrected chi connectivity index (χ0v) is 19.4. The Hall–Kier alpha value is -2.75. The molecule has 1 aromatic heterocycles. The van der Waals surface area contributed by atoms with Crippen LogP contribution in [0.25, 0.3) is 11.0 Å². The van der Waals surface area contributed by atoms with Gasteiger partial charge in [0.05, 0.1) is 27.8 Å². The summed E-state index contributed by atoms with van der Waals surface area (Å²) in [6, 6.07) is 12.4. The van der Waals surface area contributed by atoms with Gasteiger partial charge in [-0.05, 0) is 79.5 Å². The molecule has 160 valence electrons. The van der Waals surface area contributed by atoms with Crippen LogP contribution in [-0.4, -0.2) is 15.9 Å². The van der Waals surface area contributed by atoms with Crippen LogP contribution in [0.4, 0.5) is 5.69 Å². The van der Waals surface area contributed by atoms with E-state index in [-0.39, 0.29) is 16.7 Å². The molecule has 31 heavy (non-hydrogen) atoms. The molecule has 3 aromatic rings. The standard InChI is InChI=1S/C27H31N3O/c1-7-18-8-10-19(11-9-18)28-24(31)27-13-12-26(6,25(27,4)5)22-23(27)30-21-15-17(3)16(2)14-20(21)29-22/h8-11,14-15H,7,12-13H2,1-6H3,(H,28,31). The molecule has 2 aromatic carbocycles. The number of nitrogens with zero attached hydrogens (tertiary/aromatic N) is 2. The molecule has 0 radical (unpaired) electrons. The second-order valence-corrected chi connectivity index (χ2v) is 10.2. The first kappa shape index (κ1) is 20.2. The number of hydrogen-bond acceptors (Lipinski definition) is 3. The Morgan fingerprint density at radius 1 is 0.935 bits per heavy atom. The first-order valence-electron chi connectivity index (χ1n) is 11.3. The highest BCUT2D eigenvalue weighted by atomic mass is 16.2. The number of rotatable bonds is 3. The Labute approximate surface area is 184 Å². The van der Waals surface area contributed by atoms with Crippen LogP contribution in [0.3, 0.4) is 0 Å². The van der Waals surface area contributed by atoms with Crippen molar-refractivity contribution in [3.63, 3.8) is 0 Å². The number of hydrogen-bond donors (Lipinski definition) is 1. The third-order valence-electron chi connectivity index (χ3n) is 8.66. The molecule has 2 atom stereocenters. The average molecular weight is 414 g/mol. The fourth-order valence-electron chi connectivity index (χ4n) is 5.92. The van der Waals surface area contributed by atoms with Crippen molar-refractivity contribution in [3.05, 3.63) is 64.5 Å². The summed E-state index contributed by atoms with van der Waals surface area (Å²) in [5, 5.41) is 3.23. The molecule has 2 bridgehead atoms. The number of carbonyl (C=O) groups excluding carboxylic acids is 1. The molecule has 1 saturated carbocycles. The van der Waals surface area contributed by atoms with Crippen LogP contribution in [0.15, 0.2) is 36.4 Å². The summed E-state index contributed by atoms with van der Waals surface area (Å²) in [4.78, 5) is 24.2. The van der Waals surface area contributed by atoms with Crippen LogP contribution in [-0.2, 0) is 22.0 Å². The van der Waals surface area contributed by atoms with Crippen molar-refractivity contribution < 1.29 is 4.79 Å². The van der Waals surface area contributed by atoms with Gasteiger partial charge in [-0.2, -0.15) is 0 Å². The molecule has 1 amide bonds. The van der Waals surface area contributed by atoms with Gasteiger partial charge in [-0.1, -0.05) is 39.8 Å². The normalized spacial score (nSPS) is 25.6. The summed E-state index contributed by atoms with van der Waals surface area (Å²) in [5.41, 5.74) is 7.09. The van der Waals surface area contributed by atoms with E-state index in [4.69, 9.17) is 9.97 Å². The minimum absolute atomic E-state index is 0.0432. The minimum Gasteiger partial charge on any atom is -0.325 e. The molecule has 4 heteroatoms. The zero-order valence-electron chi connectivity index (χ0n) is 19.4. The van der Waals surface area contributed by atoms with Gasteiger partial charge < -0.3 is 5.32 Å². The van der Waals surface area contributed by atoms with Gasteiger partial charge in [0, 0.05) is 11.1 Å². The number of benzene rings is 2. The first-order chi connectivity index (χ1) is 14.6. The molecule has 4 nitrogen and oxygen atoms in total. The van der Waals surface area contributed by atoms with Crippen molar-refractivity contribution in [2.45, 2.75) is 71.6 Å². The van der Waals surface area contributed by atoms with Gasteiger partial charge in [-0.3, -0.25) is 4.79 Å². The lowest BCUT2D eigenvalue weighted by molar-refractivity contribution is -0.125. The fraction of sp³-hybridized carbons (Fsp3) is 0.444. The van der Waals surface area contributed by atoms with Crippen molar-refractivity contribution in [3.8, 4) is 0 Å². The van der Waals surface area contributed by atoms with E-state index in [0.29, 0.717) is 0 Å². The number of anilines is 1. The molecule has 0 saturated heterocycles. The maximum absolute atomic E-state index is 13.9. The zero-order chi connectivity index (χ0) is 22.2. The lowest BCUT2D eigenvalue weighted by atomic mass is 9.63. The first-order valence-corrected chi connectivity index (χ1v) is 11.3. The van der Waals surface area contributed by atoms with Crippen LogP contribution in [0.5, 0.6) is 0 Å². The van der Waals surface area contributed by atoms with Gasteiger partial charge in [0.25, 0.3) is 0 Å². The Kier molecular flexibility index (Phi) is 4.15. The van der Waals surface area contributed by atoms with E-state index in [1.165, 1.54) is 16.7 Å². The van der Waals surface area contributed by atoms with Crippen LogP contribution in [0, 0.1) is 19.3 Å². The van der Waals surface area contributed by atoms with Crippen molar-refractivity contribution in [1.82, 2.24) is 9.97 Å². The maximum Gasteiger partial charge on any atom is 0.237 e. The molecular weight excluding hydrogens is 382 g/mol. The van der Waals surface area contributed by atoms with E-state index in [0.717, 1.165) is 47.4 Å². The van der Waals surface area contributed by atoms with Crippen LogP contribution < -0.4 is 5.32 Å². The molecule has 1 N–H and O–H groups in total. The number of amides is 1. The number of aromatic nitrogens is 2. The number of aryl methyl sites for hydroxylation is 3. The molecule has 5 rings (SSSR count). The van der Waals surface area contributed by atoms with Gasteiger partial charge >= 0.3 is 0 Å². The summed E-state index contributed by atoms with van der Waals surface area (Å²) >= 11 is 0. The Morgan fingerprint density at radius 3 is 2.10 bits per heavy atom. The van der Waals surface area contributed by atoms with Crippen LogP contribution in [0.2, 0.25) is 0 Å². The number of carbonyl (C=O) groups is 1. The van der Waals surface area contributed by atoms with E-state index in [1.807, 2.05) is 12.1 Å². The van der Waals surface area contributed by atoms with Crippen molar-refractivity contribution in [2.24, 2.45) is 5.41 Å². The number of fused-ring (bicyclic) bond motifs is 6. The highest BCUT2D eigenvalue weighted by Crippen LogP contribution is 2.70. The van der Waals surface area contributed by atoms with E-state index < -0.39 is 5.41 Å². The Balaban J connectivity index is 1.67. The van der Waals surface area contributed by atoms with Gasteiger partial charge in [0.1, 0.15) is 0 Å². The third kappa shape index (κ3) is 2.45. The minimum atomic E-state index is -0.680. The van der Waals surface area contributed by atoms with Gasteiger partial charge in [-0.25, -0.2) is 9.97 Å². The SMILES string of the molecule is CCc1ccc(NC(=O)C23CCC(C)(c4nc5cc(C)c(C)cc5nc42)C3(C)C)cc1. The second kappa shape index (κ2) is 6.38. The number of nitrogens with one attached hydrogen (secondary N) is 1. The van der Waals surface area contributed by atoms with Gasteiger partial charge in [0.2, 0.25) is 5.91 Å². The van der Waals surface area contributed by atoms with E-state index in [1.54, 1.807) is 0 Å². The molecule has 2 unspecified atom stereocenters. The predicted molar refractivity (Wildman–Crippen MR) is 126 cm³/mol. The topological polar surface area (TPSA) is 54.9 Å². The van der Waals surface area contributed by atoms with E-state index in [9.17, 15) is 4.79 Å². The molecule has 1 fully saturated rings. The highest BCUT2D eigenvalue weighted by molar-refractivity contribution is 6.02. The Bertz CT molecular complexity index is 1230. The molecule has 2 aliphatic carbocycles. The van der Waals surface area contributed by atoms with E-state index in [2.05, 4.69) is 71.1 Å². The fourth-order valence-corrected chi connectivity index (χ4v) is 5.92. The lowest BCUT2D eigenvalue weighted by Crippen LogP contribution is -2.48. The molecular formula is C27H31N3O. The summed E-state index contributed by atoms with van der Waals surface area (Å²) < 4.78 is 0. The molecule has 2 aliphatic rings. The van der Waals surface area contributed by atoms with Crippen LogP contribution in [0.1, 0.15) is 68.6 Å². The smallest absolute Gasteiger partial charge is 0.237 e. The second-order valence-electron chi connectivity index (χ2n) is 10.2. The maximum atomic E-state index is 13.9. The van der Waals surface area contributed by atoms with Crippen LogP contribution >= 0.6 is 0 Å². The van der Waals surface area contributed by atoms with Gasteiger partial charge in [0.15, 0.2) is 0 Å². The summed E-state index contributed by atoms with van der Waals surface area (Å²) in [6.07, 6.45) is 2.73. The highest BCUT2D eigenvalue weighted by Gasteiger charge is 2.73. The quantitative estimate of drug-likeness (QED) is 0.592. The predicted octanol–water partition coefficient (Wildman–Crippen LogP) is 5.78. The van der Waals surface area contributed by atoms with Crippen molar-refractivity contribution in [1.29, 1.82) is 0 Å². The molecule has 1 heterocycles.